The smallest absolute Gasteiger partial charge is 0.0267 e. The van der Waals surface area contributed by atoms with E-state index in [1.54, 1.807) is 12.4 Å². The van der Waals surface area contributed by atoms with Crippen LogP contribution in [0.3, 0.4) is 0 Å². The molecular formula is C19H24IrNO2. The first-order valence-corrected chi connectivity index (χ1v) is 9.31. The molecule has 1 aliphatic heterocycles. The molecule has 1 aromatic carbocycles. The normalized spacial score (nSPS) is 16.2. The third kappa shape index (κ3) is 8.38. The molecule has 126 valence electrons. The quantitative estimate of drug-likeness (QED) is 0.558. The molecule has 1 fully saturated rings. The van der Waals surface area contributed by atoms with Gasteiger partial charge in [-0.2, -0.15) is 0 Å². The van der Waals surface area contributed by atoms with Crippen molar-refractivity contribution in [3.63, 3.8) is 0 Å². The predicted octanol–water partition coefficient (Wildman–Crippen LogP) is 3.42. The summed E-state index contributed by atoms with van der Waals surface area (Å²) < 4.78 is 12.3. The average molecular weight is 491 g/mol. The van der Waals surface area contributed by atoms with Gasteiger partial charge in [0, 0.05) is 19.0 Å². The van der Waals surface area contributed by atoms with E-state index in [0.29, 0.717) is 6.10 Å². The van der Waals surface area contributed by atoms with Gasteiger partial charge in [0.1, 0.15) is 0 Å². The standard InChI is InChI=1S/C14H19O2.C5H5N.Ir/c1-2-6-13(7-3-1)12-15-10-5-4-8-14-9-11-16-14;1-2-4-6-5-3-1;/h2-3,6-7,14H,4-5,8-12H2;1-5H;. The molecule has 3 rings (SSSR count). The monoisotopic (exact) mass is 491 g/mol. The van der Waals surface area contributed by atoms with Gasteiger partial charge in [0.05, 0.1) is 0 Å². The first-order valence-electron chi connectivity index (χ1n) is 8.11. The zero-order valence-corrected chi connectivity index (χ0v) is 15.7. The fourth-order valence-electron chi connectivity index (χ4n) is 2.16. The van der Waals surface area contributed by atoms with Gasteiger partial charge in [-0.3, -0.25) is 4.98 Å². The van der Waals surface area contributed by atoms with Crippen molar-refractivity contribution in [1.29, 1.82) is 0 Å². The van der Waals surface area contributed by atoms with E-state index in [1.807, 2.05) is 18.2 Å². The van der Waals surface area contributed by atoms with Crippen LogP contribution in [0.2, 0.25) is 0 Å². The van der Waals surface area contributed by atoms with E-state index < -0.39 is 0 Å². The number of nitrogens with zero attached hydrogens (tertiary/aromatic N) is 1. The number of unbranched alkanes of at least 4 members (excludes halogenated alkanes) is 1. The molecule has 23 heavy (non-hydrogen) atoms. The minimum absolute atomic E-state index is 0.548. The van der Waals surface area contributed by atoms with Crippen LogP contribution >= 0.6 is 0 Å². The molecule has 0 bridgehead atoms. The van der Waals surface area contributed by atoms with Gasteiger partial charge in [-0.1, -0.05) is 6.07 Å². The minimum Gasteiger partial charge on any atom is -0.265 e. The Balaban J connectivity index is 0.000000268. The van der Waals surface area contributed by atoms with E-state index in [4.69, 9.17) is 9.47 Å². The van der Waals surface area contributed by atoms with Crippen LogP contribution in [-0.2, 0) is 35.0 Å². The van der Waals surface area contributed by atoms with Crippen LogP contribution in [0, 0.1) is 0 Å². The largest absolute Gasteiger partial charge is 0.265 e. The Morgan fingerprint density at radius 1 is 1.09 bits per heavy atom. The third-order valence-corrected chi connectivity index (χ3v) is 4.39. The third-order valence-electron chi connectivity index (χ3n) is 3.59. The topological polar surface area (TPSA) is 31.4 Å². The second-order valence-electron chi connectivity index (χ2n) is 5.46. The summed E-state index contributed by atoms with van der Waals surface area (Å²) in [6.07, 6.45) is 8.87. The fraction of sp³-hybridized carbons (Fsp3) is 0.421. The molecule has 0 N–H and O–H groups in total. The predicted molar refractivity (Wildman–Crippen MR) is 88.2 cm³/mol. The Hall–Kier alpha value is -1.06. The summed E-state index contributed by atoms with van der Waals surface area (Å²) in [5.74, 6) is 0. The molecule has 0 aliphatic carbocycles. The van der Waals surface area contributed by atoms with E-state index in [1.165, 1.54) is 28.9 Å². The number of benzene rings is 1. The van der Waals surface area contributed by atoms with Crippen LogP contribution in [0.5, 0.6) is 0 Å². The molecule has 1 aliphatic rings. The van der Waals surface area contributed by atoms with Crippen molar-refractivity contribution in [2.24, 2.45) is 0 Å². The summed E-state index contributed by atoms with van der Waals surface area (Å²) in [4.78, 5) is 3.78. The maximum absolute atomic E-state index is 5.65. The summed E-state index contributed by atoms with van der Waals surface area (Å²) in [6.45, 7) is 2.56. The molecule has 0 spiro atoms. The van der Waals surface area contributed by atoms with Crippen molar-refractivity contribution < 1.29 is 28.4 Å². The van der Waals surface area contributed by atoms with Gasteiger partial charge in [-0.25, -0.2) is 0 Å². The van der Waals surface area contributed by atoms with Gasteiger partial charge >= 0.3 is 107 Å². The second-order valence-corrected chi connectivity index (χ2v) is 6.84. The Morgan fingerprint density at radius 2 is 1.83 bits per heavy atom. The van der Waals surface area contributed by atoms with E-state index >= 15 is 0 Å². The van der Waals surface area contributed by atoms with Gasteiger partial charge in [0.2, 0.25) is 0 Å². The molecule has 0 saturated carbocycles. The Labute approximate surface area is 149 Å². The maximum atomic E-state index is 5.65. The van der Waals surface area contributed by atoms with Gasteiger partial charge in [0.15, 0.2) is 0 Å². The van der Waals surface area contributed by atoms with Crippen molar-refractivity contribution in [1.82, 2.24) is 4.98 Å². The van der Waals surface area contributed by atoms with Gasteiger partial charge in [-0.05, 0) is 12.1 Å². The fourth-order valence-corrected chi connectivity index (χ4v) is 2.56. The number of hydrogen-bond donors (Lipinski definition) is 0. The van der Waals surface area contributed by atoms with Crippen molar-refractivity contribution in [2.75, 3.05) is 13.2 Å². The first-order chi connectivity index (χ1) is 11.3. The zero-order valence-electron chi connectivity index (χ0n) is 13.3. The first kappa shape index (κ1) is 18.3. The SMILES string of the molecule is [Ir][c]1ccc(COCCCCC2CCO2)cc1.c1ccncc1. The molecule has 4 heteroatoms. The number of ether oxygens (including phenoxy) is 2. The van der Waals surface area contributed by atoms with Crippen LogP contribution in [0.15, 0.2) is 54.9 Å². The summed E-state index contributed by atoms with van der Waals surface area (Å²) in [5, 5.41) is 0. The molecule has 1 atom stereocenters. The maximum Gasteiger partial charge on any atom is 0.0267 e. The Kier molecular flexibility index (Phi) is 9.12. The summed E-state index contributed by atoms with van der Waals surface area (Å²) >= 11 is 2.10. The van der Waals surface area contributed by atoms with Crippen LogP contribution in [0.25, 0.3) is 0 Å². The van der Waals surface area contributed by atoms with Gasteiger partial charge in [-0.15, -0.1) is 0 Å². The Bertz CT molecular complexity index is 488. The molecular weight excluding hydrogens is 466 g/mol. The molecule has 0 radical (unpaired) electrons. The molecule has 0 amide bonds. The number of rotatable bonds is 7. The number of pyridine rings is 1. The van der Waals surface area contributed by atoms with Gasteiger partial charge in [0.25, 0.3) is 0 Å². The van der Waals surface area contributed by atoms with Crippen LogP contribution < -0.4 is 4.08 Å². The number of aromatic nitrogens is 1. The molecule has 3 nitrogen and oxygen atoms in total. The average Bonchev–Trinajstić information content (AvgIpc) is 2.56. The van der Waals surface area contributed by atoms with E-state index in [0.717, 1.165) is 26.2 Å². The van der Waals surface area contributed by atoms with Gasteiger partial charge < -0.3 is 0 Å². The van der Waals surface area contributed by atoms with Crippen molar-refractivity contribution in [3.8, 4) is 0 Å². The van der Waals surface area contributed by atoms with Crippen LogP contribution in [-0.4, -0.2) is 24.3 Å². The zero-order chi connectivity index (χ0) is 16.2. The van der Waals surface area contributed by atoms with Crippen molar-refractivity contribution in [3.05, 3.63) is 60.4 Å². The Morgan fingerprint density at radius 3 is 2.35 bits per heavy atom. The van der Waals surface area contributed by atoms with E-state index in [9.17, 15) is 0 Å². The van der Waals surface area contributed by atoms with Crippen LogP contribution in [0.1, 0.15) is 31.2 Å². The minimum atomic E-state index is 0.548. The van der Waals surface area contributed by atoms with E-state index in [-0.39, 0.29) is 0 Å². The summed E-state index contributed by atoms with van der Waals surface area (Å²) in [6, 6.07) is 14.3. The number of hydrogen-bond acceptors (Lipinski definition) is 3. The summed E-state index contributed by atoms with van der Waals surface area (Å²) in [7, 11) is 0. The molecule has 1 unspecified atom stereocenters. The molecule has 2 aromatic rings. The van der Waals surface area contributed by atoms with Crippen molar-refractivity contribution in [2.45, 2.75) is 38.4 Å². The summed E-state index contributed by atoms with van der Waals surface area (Å²) in [5.41, 5.74) is 1.26. The molecule has 2 heterocycles. The second kappa shape index (κ2) is 11.5. The van der Waals surface area contributed by atoms with E-state index in [2.05, 4.69) is 48.1 Å². The van der Waals surface area contributed by atoms with Crippen LogP contribution in [0.4, 0.5) is 0 Å². The molecule has 1 aromatic heterocycles. The molecule has 1 saturated heterocycles. The van der Waals surface area contributed by atoms with Crippen molar-refractivity contribution >= 4 is 4.08 Å².